The van der Waals surface area contributed by atoms with E-state index >= 15 is 0 Å². The molecule has 1 aliphatic rings. The van der Waals surface area contributed by atoms with Gasteiger partial charge in [-0.3, -0.25) is 0 Å². The molecule has 1 saturated heterocycles. The highest BCUT2D eigenvalue weighted by Crippen LogP contribution is 2.25. The van der Waals surface area contributed by atoms with Crippen LogP contribution in [0.2, 0.25) is 0 Å². The molecule has 11 heavy (non-hydrogen) atoms. The molecule has 0 amide bonds. The van der Waals surface area contributed by atoms with Gasteiger partial charge < -0.3 is 0 Å². The van der Waals surface area contributed by atoms with E-state index in [0.29, 0.717) is 0 Å². The van der Waals surface area contributed by atoms with Crippen LogP contribution >= 0.6 is 22.9 Å². The van der Waals surface area contributed by atoms with Gasteiger partial charge in [-0.25, -0.2) is 3.11 Å². The smallest absolute Gasteiger partial charge is 0.0204 e. The van der Waals surface area contributed by atoms with Crippen molar-refractivity contribution >= 4 is 22.9 Å². The highest BCUT2D eigenvalue weighted by Gasteiger charge is 2.20. The van der Waals surface area contributed by atoms with Crippen LogP contribution < -0.4 is 0 Å². The molecule has 0 aliphatic carbocycles. The molecule has 1 fully saturated rings. The van der Waals surface area contributed by atoms with Crippen LogP contribution in [0.5, 0.6) is 0 Å². The number of hydrogen-bond donors (Lipinski definition) is 0. The Balaban J connectivity index is 2.05. The summed E-state index contributed by atoms with van der Waals surface area (Å²) in [4.78, 5) is 0. The molecule has 0 aromatic rings. The van der Waals surface area contributed by atoms with Crippen LogP contribution in [-0.4, -0.2) is 15.7 Å². The first-order valence-corrected chi connectivity index (χ1v) is 5.73. The Morgan fingerprint density at radius 3 is 2.82 bits per heavy atom. The van der Waals surface area contributed by atoms with E-state index in [-0.39, 0.29) is 0 Å². The average molecular weight is 267 g/mol. The van der Waals surface area contributed by atoms with Crippen molar-refractivity contribution in [2.24, 2.45) is 0 Å². The predicted molar refractivity (Wildman–Crippen MR) is 57.9 cm³/mol. The molecule has 0 N–H and O–H groups in total. The monoisotopic (exact) mass is 267 g/mol. The van der Waals surface area contributed by atoms with Crippen LogP contribution in [0.15, 0.2) is 0 Å². The lowest BCUT2D eigenvalue weighted by Gasteiger charge is -2.16. The van der Waals surface area contributed by atoms with Crippen molar-refractivity contribution in [3.8, 4) is 0 Å². The molecule has 0 spiro atoms. The first kappa shape index (κ1) is 9.78. The summed E-state index contributed by atoms with van der Waals surface area (Å²) in [5.74, 6) is 0. The van der Waals surface area contributed by atoms with Crippen LogP contribution in [0.3, 0.4) is 0 Å². The Morgan fingerprint density at radius 1 is 1.45 bits per heavy atom. The molecule has 1 rings (SSSR count). The van der Waals surface area contributed by atoms with Crippen molar-refractivity contribution < 1.29 is 0 Å². The summed E-state index contributed by atoms with van der Waals surface area (Å²) in [6, 6.07) is 0.905. The fourth-order valence-electron chi connectivity index (χ4n) is 1.71. The van der Waals surface area contributed by atoms with E-state index in [1.807, 2.05) is 0 Å². The van der Waals surface area contributed by atoms with Gasteiger partial charge in [-0.1, -0.05) is 26.2 Å². The number of hydrogen-bond acceptors (Lipinski definition) is 1. The lowest BCUT2D eigenvalue weighted by atomic mass is 10.1. The molecule has 0 aromatic carbocycles. The topological polar surface area (TPSA) is 3.24 Å². The zero-order valence-corrected chi connectivity index (χ0v) is 9.51. The van der Waals surface area contributed by atoms with E-state index in [2.05, 4.69) is 32.9 Å². The molecule has 66 valence electrons. The van der Waals surface area contributed by atoms with E-state index < -0.39 is 0 Å². The van der Waals surface area contributed by atoms with E-state index in [4.69, 9.17) is 0 Å². The second-order valence-electron chi connectivity index (χ2n) is 3.42. The standard InChI is InChI=1S/C9H18IN/c1-2-3-4-6-9-7-5-8-11(9)10/h9H,2-8H2,1H3. The number of rotatable bonds is 4. The highest BCUT2D eigenvalue weighted by molar-refractivity contribution is 14.1. The first-order chi connectivity index (χ1) is 5.34. The predicted octanol–water partition coefficient (Wildman–Crippen LogP) is 3.38. The van der Waals surface area contributed by atoms with Crippen LogP contribution in [0.4, 0.5) is 0 Å². The number of nitrogens with zero attached hydrogens (tertiary/aromatic N) is 1. The Kier molecular flexibility index (Phi) is 4.76. The van der Waals surface area contributed by atoms with E-state index in [1.165, 1.54) is 45.1 Å². The summed E-state index contributed by atoms with van der Waals surface area (Å²) in [7, 11) is 0. The minimum Gasteiger partial charge on any atom is -0.244 e. The molecule has 1 heterocycles. The third kappa shape index (κ3) is 3.28. The third-order valence-corrected chi connectivity index (χ3v) is 3.72. The zero-order chi connectivity index (χ0) is 8.10. The third-order valence-electron chi connectivity index (χ3n) is 2.45. The average Bonchev–Trinajstić information content (AvgIpc) is 2.37. The highest BCUT2D eigenvalue weighted by atomic mass is 127. The largest absolute Gasteiger partial charge is 0.244 e. The minimum absolute atomic E-state index is 0.905. The second kappa shape index (κ2) is 5.36. The quantitative estimate of drug-likeness (QED) is 0.429. The normalized spacial score (nSPS) is 26.2. The fourth-order valence-corrected chi connectivity index (χ4v) is 2.61. The van der Waals surface area contributed by atoms with Gasteiger partial charge in [-0.15, -0.1) is 0 Å². The molecule has 1 nitrogen and oxygen atoms in total. The van der Waals surface area contributed by atoms with E-state index in [0.717, 1.165) is 6.04 Å². The molecule has 0 radical (unpaired) electrons. The Bertz CT molecular complexity index is 106. The van der Waals surface area contributed by atoms with Crippen molar-refractivity contribution in [2.75, 3.05) is 6.54 Å². The molecular weight excluding hydrogens is 249 g/mol. The van der Waals surface area contributed by atoms with Crippen molar-refractivity contribution in [3.05, 3.63) is 0 Å². The van der Waals surface area contributed by atoms with Gasteiger partial charge in [0, 0.05) is 35.5 Å². The summed E-state index contributed by atoms with van der Waals surface area (Å²) in [6.45, 7) is 3.59. The number of unbranched alkanes of at least 4 members (excludes halogenated alkanes) is 2. The van der Waals surface area contributed by atoms with E-state index in [1.54, 1.807) is 0 Å². The Morgan fingerprint density at radius 2 is 2.27 bits per heavy atom. The number of halogens is 1. The van der Waals surface area contributed by atoms with Gasteiger partial charge >= 0.3 is 0 Å². The van der Waals surface area contributed by atoms with Crippen LogP contribution in [-0.2, 0) is 0 Å². The maximum absolute atomic E-state index is 2.49. The van der Waals surface area contributed by atoms with Crippen LogP contribution in [0, 0.1) is 0 Å². The Hall–Kier alpha value is 0.690. The summed E-state index contributed by atoms with van der Waals surface area (Å²) in [5, 5.41) is 0. The fraction of sp³-hybridized carbons (Fsp3) is 1.00. The van der Waals surface area contributed by atoms with Crippen LogP contribution in [0.25, 0.3) is 0 Å². The van der Waals surface area contributed by atoms with Gasteiger partial charge in [-0.2, -0.15) is 0 Å². The van der Waals surface area contributed by atoms with Gasteiger partial charge in [0.2, 0.25) is 0 Å². The van der Waals surface area contributed by atoms with Gasteiger partial charge in [0.25, 0.3) is 0 Å². The summed E-state index contributed by atoms with van der Waals surface area (Å²) >= 11 is 2.48. The minimum atomic E-state index is 0.905. The van der Waals surface area contributed by atoms with Gasteiger partial charge in [0.05, 0.1) is 0 Å². The maximum Gasteiger partial charge on any atom is 0.0204 e. The summed E-state index contributed by atoms with van der Waals surface area (Å²) in [5.41, 5.74) is 0. The molecule has 1 atom stereocenters. The molecule has 1 aliphatic heterocycles. The van der Waals surface area contributed by atoms with Crippen molar-refractivity contribution in [2.45, 2.75) is 51.5 Å². The molecule has 0 bridgehead atoms. The molecule has 2 heteroatoms. The molecular formula is C9H18IN. The summed E-state index contributed by atoms with van der Waals surface area (Å²) in [6.07, 6.45) is 8.48. The molecule has 0 aromatic heterocycles. The van der Waals surface area contributed by atoms with E-state index in [9.17, 15) is 0 Å². The zero-order valence-electron chi connectivity index (χ0n) is 7.35. The van der Waals surface area contributed by atoms with Crippen molar-refractivity contribution in [1.82, 2.24) is 3.11 Å². The van der Waals surface area contributed by atoms with Crippen molar-refractivity contribution in [3.63, 3.8) is 0 Å². The van der Waals surface area contributed by atoms with Gasteiger partial charge in [0.1, 0.15) is 0 Å². The van der Waals surface area contributed by atoms with Gasteiger partial charge in [0.15, 0.2) is 0 Å². The van der Waals surface area contributed by atoms with Gasteiger partial charge in [-0.05, 0) is 19.3 Å². The SMILES string of the molecule is CCCCCC1CCCN1I. The second-order valence-corrected chi connectivity index (χ2v) is 4.65. The maximum atomic E-state index is 2.49. The van der Waals surface area contributed by atoms with Crippen LogP contribution in [0.1, 0.15) is 45.4 Å². The lowest BCUT2D eigenvalue weighted by Crippen LogP contribution is -2.18. The van der Waals surface area contributed by atoms with Crippen molar-refractivity contribution in [1.29, 1.82) is 0 Å². The first-order valence-electron chi connectivity index (χ1n) is 4.77. The lowest BCUT2D eigenvalue weighted by molar-refractivity contribution is 0.423. The molecule has 1 unspecified atom stereocenters. The summed E-state index contributed by atoms with van der Waals surface area (Å²) < 4.78 is 2.49. The Labute approximate surface area is 84.0 Å². The molecule has 0 saturated carbocycles.